The SMILES string of the molecule is COC1=CC(C(C)(C)C)C2OP(Oc3cccc4cc5cccc6c5c(c34)OP(OC3C(C4=CC(O)CC(C(C)(C)C)=C4OP4OC5CCCC7CCCC(O4)C75)CC(OC)CC3C(C)(C)C)O6)OC3C(C=C(OC)CC3C(C)(C)C)C2=C1. The van der Waals surface area contributed by atoms with Crippen LogP contribution >= 0.6 is 25.8 Å². The number of ether oxygens (including phenoxy) is 3. The largest absolute Gasteiger partial charge is 0.501 e. The average molecular weight is 1200 g/mol. The summed E-state index contributed by atoms with van der Waals surface area (Å²) in [6.45, 7) is 27.1. The highest BCUT2D eigenvalue weighted by Gasteiger charge is 2.55. The first-order valence-corrected chi connectivity index (χ1v) is 34.0. The van der Waals surface area contributed by atoms with E-state index in [1.807, 2.05) is 37.5 Å². The maximum atomic E-state index is 12.0. The third-order valence-electron chi connectivity index (χ3n) is 19.9. The molecule has 6 aliphatic carbocycles. The zero-order valence-electron chi connectivity index (χ0n) is 51.7. The molecular formula is C67H91O13P3. The lowest BCUT2D eigenvalue weighted by molar-refractivity contribution is -0.0949. The quantitative estimate of drug-likeness (QED) is 0.153. The maximum Gasteiger partial charge on any atom is 0.463 e. The minimum absolute atomic E-state index is 0.0352. The van der Waals surface area contributed by atoms with Crippen LogP contribution in [-0.4, -0.2) is 69.2 Å². The molecule has 1 N–H and O–H groups in total. The molecule has 0 amide bonds. The molecule has 3 aliphatic heterocycles. The molecule has 452 valence electrons. The second kappa shape index (κ2) is 23.0. The lowest BCUT2D eigenvalue weighted by Gasteiger charge is -2.50. The number of methoxy groups -OCH3 is 3. The molecule has 16 heteroatoms. The molecule has 0 aromatic heterocycles. The van der Waals surface area contributed by atoms with Gasteiger partial charge in [0.15, 0.2) is 5.75 Å². The van der Waals surface area contributed by atoms with Crippen LogP contribution in [0, 0.1) is 63.1 Å². The van der Waals surface area contributed by atoms with E-state index < -0.39 is 38.0 Å². The summed E-state index contributed by atoms with van der Waals surface area (Å²) in [5.41, 5.74) is 2.09. The van der Waals surface area contributed by atoms with Gasteiger partial charge >= 0.3 is 25.8 Å². The van der Waals surface area contributed by atoms with Gasteiger partial charge in [-0.2, -0.15) is 0 Å². The van der Waals surface area contributed by atoms with E-state index in [0.29, 0.717) is 41.9 Å². The van der Waals surface area contributed by atoms with E-state index in [-0.39, 0.29) is 81.8 Å². The van der Waals surface area contributed by atoms with Crippen LogP contribution in [-0.2, 0) is 41.4 Å². The highest BCUT2D eigenvalue weighted by Crippen LogP contribution is 2.65. The molecule has 3 saturated carbocycles. The molecule has 14 unspecified atom stereocenters. The van der Waals surface area contributed by atoms with Crippen molar-refractivity contribution in [2.24, 2.45) is 63.1 Å². The van der Waals surface area contributed by atoms with Crippen molar-refractivity contribution in [1.82, 2.24) is 0 Å². The van der Waals surface area contributed by atoms with Crippen LogP contribution in [0.1, 0.15) is 147 Å². The predicted molar refractivity (Wildman–Crippen MR) is 328 cm³/mol. The Balaban J connectivity index is 0.918. The van der Waals surface area contributed by atoms with Crippen molar-refractivity contribution in [1.29, 1.82) is 0 Å². The van der Waals surface area contributed by atoms with E-state index in [1.165, 1.54) is 25.7 Å². The number of allylic oxidation sites excluding steroid dienone is 3. The lowest BCUT2D eigenvalue weighted by Crippen LogP contribution is -2.48. The fourth-order valence-electron chi connectivity index (χ4n) is 15.4. The Hall–Kier alpha value is -3.31. The summed E-state index contributed by atoms with van der Waals surface area (Å²) >= 11 is 0. The Bertz CT molecular complexity index is 3060. The smallest absolute Gasteiger partial charge is 0.463 e. The van der Waals surface area contributed by atoms with E-state index in [2.05, 4.69) is 120 Å². The number of benzene rings is 3. The summed E-state index contributed by atoms with van der Waals surface area (Å²) in [6.07, 6.45) is 16.3. The third-order valence-corrected chi connectivity index (χ3v) is 23.4. The topological polar surface area (TPSA) is 131 Å². The molecule has 83 heavy (non-hydrogen) atoms. The van der Waals surface area contributed by atoms with Crippen molar-refractivity contribution in [3.63, 3.8) is 0 Å². The summed E-state index contributed by atoms with van der Waals surface area (Å²) in [7, 11) is -0.559. The van der Waals surface area contributed by atoms with Gasteiger partial charge in [0.05, 0.1) is 73.5 Å². The van der Waals surface area contributed by atoms with Crippen LogP contribution in [0.4, 0.5) is 0 Å². The Morgan fingerprint density at radius 3 is 1.99 bits per heavy atom. The zero-order valence-corrected chi connectivity index (χ0v) is 54.4. The van der Waals surface area contributed by atoms with Crippen LogP contribution < -0.4 is 13.6 Å². The Labute approximate surface area is 497 Å². The summed E-state index contributed by atoms with van der Waals surface area (Å²) in [4.78, 5) is 0. The Morgan fingerprint density at radius 1 is 0.651 bits per heavy atom. The minimum Gasteiger partial charge on any atom is -0.501 e. The average Bonchev–Trinajstić information content (AvgIpc) is 3.88. The molecular weight excluding hydrogens is 1110 g/mol. The summed E-state index contributed by atoms with van der Waals surface area (Å²) < 4.78 is 83.7. The standard InChI is InChI=1S/C67H91O13P3/c1-64(2,3)48-30-40(68)29-44(59(48)76-81-72-52-24-16-20-37-21-17-25-53(73-81)56(37)52)45-31-41(69-13)34-49(65(4,5)6)60(45)79-83-75-55-27-19-23-39-28-38-22-18-26-54(57(38)63(80-83)58(39)55)74-82-77-61-46(32-42(70-14)35-50(61)66(7,8)9)47-33-43(71-15)36-51(62(47)78-82)67(10,11)12/h18-19,22-23,26-29,32-33,35,37,40-41,45,47,49-53,56,60-62,68H,16-17,20-21,24-25,30-31,34,36H2,1-15H3. The van der Waals surface area contributed by atoms with E-state index in [0.717, 1.165) is 81.2 Å². The molecule has 3 heterocycles. The van der Waals surface area contributed by atoms with Crippen molar-refractivity contribution >= 4 is 47.4 Å². The Kier molecular flexibility index (Phi) is 16.6. The highest BCUT2D eigenvalue weighted by molar-refractivity contribution is 7.43. The molecule has 14 atom stereocenters. The second-order valence-corrected chi connectivity index (χ2v) is 32.4. The van der Waals surface area contributed by atoms with E-state index >= 15 is 0 Å². The first-order valence-electron chi connectivity index (χ1n) is 30.7. The molecule has 13 nitrogen and oxygen atoms in total. The molecule has 5 fully saturated rings. The maximum absolute atomic E-state index is 12.0. The number of hydrogen-bond acceptors (Lipinski definition) is 13. The number of fused-ring (bicyclic) bond motifs is 5. The lowest BCUT2D eigenvalue weighted by atomic mass is 9.63. The monoisotopic (exact) mass is 1200 g/mol. The van der Waals surface area contributed by atoms with Crippen molar-refractivity contribution in [3.05, 3.63) is 101 Å². The van der Waals surface area contributed by atoms with Crippen LogP contribution in [0.15, 0.2) is 101 Å². The first-order chi connectivity index (χ1) is 39.4. The molecule has 3 aromatic rings. The number of aliphatic hydroxyl groups excluding tert-OH is 1. The van der Waals surface area contributed by atoms with Crippen molar-refractivity contribution in [2.45, 2.75) is 190 Å². The van der Waals surface area contributed by atoms with Gasteiger partial charge in [0.2, 0.25) is 0 Å². The van der Waals surface area contributed by atoms with Gasteiger partial charge in [0.25, 0.3) is 0 Å². The summed E-state index contributed by atoms with van der Waals surface area (Å²) in [5, 5.41) is 15.5. The fourth-order valence-corrected chi connectivity index (χ4v) is 19.5. The molecule has 0 spiro atoms. The third kappa shape index (κ3) is 11.7. The second-order valence-electron chi connectivity index (χ2n) is 29.3. The summed E-state index contributed by atoms with van der Waals surface area (Å²) in [5.74, 6) is 4.97. The van der Waals surface area contributed by atoms with E-state index in [1.54, 1.807) is 14.2 Å². The van der Waals surface area contributed by atoms with Crippen LogP contribution in [0.25, 0.3) is 21.5 Å². The van der Waals surface area contributed by atoms with Gasteiger partial charge in [-0.3, -0.25) is 22.6 Å². The van der Waals surface area contributed by atoms with E-state index in [9.17, 15) is 5.11 Å². The van der Waals surface area contributed by atoms with Crippen molar-refractivity contribution in [2.75, 3.05) is 21.3 Å². The van der Waals surface area contributed by atoms with Crippen molar-refractivity contribution < 1.29 is 60.0 Å². The number of hydrogen-bond donors (Lipinski definition) is 1. The number of aliphatic hydroxyl groups is 1. The predicted octanol–water partition coefficient (Wildman–Crippen LogP) is 17.8. The Morgan fingerprint density at radius 2 is 1.34 bits per heavy atom. The van der Waals surface area contributed by atoms with Gasteiger partial charge in [-0.15, -0.1) is 0 Å². The summed E-state index contributed by atoms with van der Waals surface area (Å²) in [6, 6.07) is 14.5. The first kappa shape index (κ1) is 60.0. The molecule has 0 radical (unpaired) electrons. The highest BCUT2D eigenvalue weighted by atomic mass is 31.2. The molecule has 0 bridgehead atoms. The van der Waals surface area contributed by atoms with Gasteiger partial charge in [-0.25, -0.2) is 0 Å². The van der Waals surface area contributed by atoms with Gasteiger partial charge in [0, 0.05) is 43.6 Å². The fraction of sp³-hybridized carbons (Fsp3) is 0.642. The normalized spacial score (nSPS) is 35.7. The molecule has 2 saturated heterocycles. The van der Waals surface area contributed by atoms with Gasteiger partial charge in [-0.05, 0) is 148 Å². The minimum atomic E-state index is -2.11. The van der Waals surface area contributed by atoms with Gasteiger partial charge < -0.3 is 37.4 Å². The molecule has 9 aliphatic rings. The van der Waals surface area contributed by atoms with Gasteiger partial charge in [-0.1, -0.05) is 120 Å². The van der Waals surface area contributed by atoms with Crippen LogP contribution in [0.3, 0.4) is 0 Å². The number of rotatable bonds is 10. The van der Waals surface area contributed by atoms with Crippen LogP contribution in [0.2, 0.25) is 0 Å². The molecule has 3 aromatic carbocycles. The molecule has 12 rings (SSSR count). The van der Waals surface area contributed by atoms with E-state index in [4.69, 9.17) is 54.9 Å². The van der Waals surface area contributed by atoms with Crippen LogP contribution in [0.5, 0.6) is 17.2 Å². The van der Waals surface area contributed by atoms with Crippen molar-refractivity contribution in [3.8, 4) is 17.2 Å². The zero-order chi connectivity index (χ0) is 58.7. The van der Waals surface area contributed by atoms with Gasteiger partial charge in [0.1, 0.15) is 23.0 Å².